The van der Waals surface area contributed by atoms with Crippen molar-refractivity contribution in [3.8, 4) is 0 Å². The first kappa shape index (κ1) is 12.3. The number of rotatable bonds is 4. The summed E-state index contributed by atoms with van der Waals surface area (Å²) in [6.07, 6.45) is 4.65. The van der Waals surface area contributed by atoms with Crippen LogP contribution in [0.3, 0.4) is 0 Å². The van der Waals surface area contributed by atoms with Crippen molar-refractivity contribution in [2.75, 3.05) is 32.8 Å². The van der Waals surface area contributed by atoms with Gasteiger partial charge in [-0.2, -0.15) is 0 Å². The fraction of sp³-hybridized carbons (Fsp3) is 1.00. The highest BCUT2D eigenvalue weighted by molar-refractivity contribution is 4.77. The molecular weight excluding hydrogens is 204 g/mol. The quantitative estimate of drug-likeness (QED) is 0.765. The fourth-order valence-corrected chi connectivity index (χ4v) is 2.65. The van der Waals surface area contributed by atoms with Crippen molar-refractivity contribution in [2.24, 2.45) is 5.73 Å². The second kappa shape index (κ2) is 5.96. The van der Waals surface area contributed by atoms with Crippen LogP contribution in [0.1, 0.15) is 26.2 Å². The van der Waals surface area contributed by atoms with Gasteiger partial charge in [-0.1, -0.05) is 0 Å². The third-order valence-corrected chi connectivity index (χ3v) is 3.46. The number of ether oxygens (including phenoxy) is 2. The molecule has 0 radical (unpaired) electrons. The van der Waals surface area contributed by atoms with Crippen LogP contribution in [0, 0.1) is 0 Å². The van der Waals surface area contributed by atoms with Crippen LogP contribution in [0.5, 0.6) is 0 Å². The molecule has 16 heavy (non-hydrogen) atoms. The monoisotopic (exact) mass is 228 g/mol. The Kier molecular flexibility index (Phi) is 4.58. The van der Waals surface area contributed by atoms with E-state index in [9.17, 15) is 0 Å². The maximum absolute atomic E-state index is 5.74. The lowest BCUT2D eigenvalue weighted by molar-refractivity contribution is -0.0745. The standard InChI is InChI=1S/C12H24N2O2/c1-10-8-14(9-12(7-13)16-10)5-4-11-3-2-6-15-11/h10-12H,2-9,13H2,1H3. The van der Waals surface area contributed by atoms with Gasteiger partial charge in [0.05, 0.1) is 18.3 Å². The van der Waals surface area contributed by atoms with Gasteiger partial charge in [0.25, 0.3) is 0 Å². The third kappa shape index (κ3) is 3.42. The summed E-state index contributed by atoms with van der Waals surface area (Å²) in [6.45, 7) is 6.84. The number of nitrogens with two attached hydrogens (primary N) is 1. The molecule has 2 aliphatic rings. The molecule has 3 unspecified atom stereocenters. The normalized spacial score (nSPS) is 36.8. The average Bonchev–Trinajstić information content (AvgIpc) is 2.78. The number of nitrogens with zero attached hydrogens (tertiary/aromatic N) is 1. The van der Waals surface area contributed by atoms with Crippen LogP contribution in [-0.2, 0) is 9.47 Å². The Morgan fingerprint density at radius 3 is 2.88 bits per heavy atom. The van der Waals surface area contributed by atoms with Crippen molar-refractivity contribution in [2.45, 2.75) is 44.5 Å². The van der Waals surface area contributed by atoms with Crippen LogP contribution in [-0.4, -0.2) is 56.0 Å². The largest absolute Gasteiger partial charge is 0.378 e. The van der Waals surface area contributed by atoms with Crippen molar-refractivity contribution in [3.63, 3.8) is 0 Å². The van der Waals surface area contributed by atoms with Crippen molar-refractivity contribution in [3.05, 3.63) is 0 Å². The van der Waals surface area contributed by atoms with Gasteiger partial charge >= 0.3 is 0 Å². The smallest absolute Gasteiger partial charge is 0.0828 e. The number of hydrogen-bond acceptors (Lipinski definition) is 4. The van der Waals surface area contributed by atoms with E-state index in [4.69, 9.17) is 15.2 Å². The van der Waals surface area contributed by atoms with Crippen molar-refractivity contribution < 1.29 is 9.47 Å². The molecule has 2 N–H and O–H groups in total. The first-order valence-corrected chi connectivity index (χ1v) is 6.47. The number of morpholine rings is 1. The second-order valence-electron chi connectivity index (χ2n) is 4.99. The van der Waals surface area contributed by atoms with Gasteiger partial charge in [0.1, 0.15) is 0 Å². The molecule has 0 aromatic rings. The summed E-state index contributed by atoms with van der Waals surface area (Å²) in [6, 6.07) is 0. The van der Waals surface area contributed by atoms with E-state index >= 15 is 0 Å². The van der Waals surface area contributed by atoms with E-state index in [-0.39, 0.29) is 6.10 Å². The van der Waals surface area contributed by atoms with Gasteiger partial charge < -0.3 is 15.2 Å². The lowest BCUT2D eigenvalue weighted by atomic mass is 10.1. The Balaban J connectivity index is 1.71. The lowest BCUT2D eigenvalue weighted by Gasteiger charge is -2.36. The van der Waals surface area contributed by atoms with Crippen molar-refractivity contribution in [1.82, 2.24) is 4.90 Å². The SMILES string of the molecule is CC1CN(CCC2CCCO2)CC(CN)O1. The zero-order valence-electron chi connectivity index (χ0n) is 10.2. The van der Waals surface area contributed by atoms with Gasteiger partial charge in [0, 0.05) is 32.8 Å². The summed E-state index contributed by atoms with van der Waals surface area (Å²) in [7, 11) is 0. The molecule has 2 fully saturated rings. The highest BCUT2D eigenvalue weighted by atomic mass is 16.5. The molecule has 0 spiro atoms. The van der Waals surface area contributed by atoms with Crippen LogP contribution in [0.2, 0.25) is 0 Å². The Labute approximate surface area is 98.1 Å². The molecule has 0 aromatic heterocycles. The van der Waals surface area contributed by atoms with Crippen molar-refractivity contribution in [1.29, 1.82) is 0 Å². The molecule has 2 heterocycles. The molecule has 2 rings (SSSR count). The zero-order valence-corrected chi connectivity index (χ0v) is 10.2. The summed E-state index contributed by atoms with van der Waals surface area (Å²) < 4.78 is 11.4. The zero-order chi connectivity index (χ0) is 11.4. The average molecular weight is 228 g/mol. The fourth-order valence-electron chi connectivity index (χ4n) is 2.65. The molecule has 0 bridgehead atoms. The molecule has 0 aromatic carbocycles. The van der Waals surface area contributed by atoms with E-state index in [1.165, 1.54) is 12.8 Å². The van der Waals surface area contributed by atoms with Crippen LogP contribution in [0.15, 0.2) is 0 Å². The molecule has 4 nitrogen and oxygen atoms in total. The molecule has 94 valence electrons. The minimum Gasteiger partial charge on any atom is -0.378 e. The highest BCUT2D eigenvalue weighted by Gasteiger charge is 2.25. The molecule has 0 saturated carbocycles. The van der Waals surface area contributed by atoms with Gasteiger partial charge in [0.2, 0.25) is 0 Å². The summed E-state index contributed by atoms with van der Waals surface area (Å²) in [5.74, 6) is 0. The second-order valence-corrected chi connectivity index (χ2v) is 4.99. The molecule has 2 aliphatic heterocycles. The molecule has 0 aliphatic carbocycles. The topological polar surface area (TPSA) is 47.7 Å². The molecule has 0 amide bonds. The van der Waals surface area contributed by atoms with E-state index in [1.807, 2.05) is 0 Å². The summed E-state index contributed by atoms with van der Waals surface area (Å²) in [5.41, 5.74) is 5.67. The first-order valence-electron chi connectivity index (χ1n) is 6.47. The van der Waals surface area contributed by atoms with Gasteiger partial charge in [-0.3, -0.25) is 4.90 Å². The predicted molar refractivity (Wildman–Crippen MR) is 63.4 cm³/mol. The minimum atomic E-state index is 0.216. The van der Waals surface area contributed by atoms with Crippen LogP contribution >= 0.6 is 0 Å². The summed E-state index contributed by atoms with van der Waals surface area (Å²) >= 11 is 0. The van der Waals surface area contributed by atoms with Gasteiger partial charge in [-0.05, 0) is 26.2 Å². The van der Waals surface area contributed by atoms with Gasteiger partial charge in [0.15, 0.2) is 0 Å². The van der Waals surface area contributed by atoms with E-state index in [1.54, 1.807) is 0 Å². The summed E-state index contributed by atoms with van der Waals surface area (Å²) in [5, 5.41) is 0. The third-order valence-electron chi connectivity index (χ3n) is 3.46. The predicted octanol–water partition coefficient (Wildman–Crippen LogP) is 0.604. The Morgan fingerprint density at radius 1 is 1.31 bits per heavy atom. The van der Waals surface area contributed by atoms with Crippen LogP contribution < -0.4 is 5.73 Å². The van der Waals surface area contributed by atoms with E-state index < -0.39 is 0 Å². The maximum atomic E-state index is 5.74. The van der Waals surface area contributed by atoms with Gasteiger partial charge in [-0.25, -0.2) is 0 Å². The van der Waals surface area contributed by atoms with E-state index in [0.29, 0.717) is 18.8 Å². The van der Waals surface area contributed by atoms with Gasteiger partial charge in [-0.15, -0.1) is 0 Å². The van der Waals surface area contributed by atoms with E-state index in [2.05, 4.69) is 11.8 Å². The Hall–Kier alpha value is -0.160. The van der Waals surface area contributed by atoms with E-state index in [0.717, 1.165) is 32.7 Å². The maximum Gasteiger partial charge on any atom is 0.0828 e. The van der Waals surface area contributed by atoms with Crippen molar-refractivity contribution >= 4 is 0 Å². The number of hydrogen-bond donors (Lipinski definition) is 1. The highest BCUT2D eigenvalue weighted by Crippen LogP contribution is 2.17. The van der Waals surface area contributed by atoms with Crippen LogP contribution in [0.25, 0.3) is 0 Å². The molecule has 4 heteroatoms. The van der Waals surface area contributed by atoms with Crippen LogP contribution in [0.4, 0.5) is 0 Å². The Bertz CT molecular complexity index is 207. The first-order chi connectivity index (χ1) is 7.78. The molecular formula is C12H24N2O2. The molecule has 3 atom stereocenters. The summed E-state index contributed by atoms with van der Waals surface area (Å²) in [4.78, 5) is 2.47. The Morgan fingerprint density at radius 2 is 2.19 bits per heavy atom. The molecule has 2 saturated heterocycles. The minimum absolute atomic E-state index is 0.216. The lowest BCUT2D eigenvalue weighted by Crippen LogP contribution is -2.49.